The summed E-state index contributed by atoms with van der Waals surface area (Å²) in [4.78, 5) is 11.9. The van der Waals surface area contributed by atoms with Crippen LogP contribution < -0.4 is 5.32 Å². The normalized spacial score (nSPS) is 23.5. The lowest BCUT2D eigenvalue weighted by atomic mass is 9.78. The first kappa shape index (κ1) is 12.8. The minimum Gasteiger partial charge on any atom is -0.499 e. The molecule has 1 aromatic carbocycles. The van der Waals surface area contributed by atoms with Gasteiger partial charge in [-0.1, -0.05) is 18.2 Å². The van der Waals surface area contributed by atoms with Crippen LogP contribution in [-0.4, -0.2) is 26.2 Å². The maximum absolute atomic E-state index is 11.9. The molecule has 2 atom stereocenters. The molecule has 4 heteroatoms. The van der Waals surface area contributed by atoms with E-state index in [0.29, 0.717) is 5.57 Å². The Balaban J connectivity index is 2.02. The van der Waals surface area contributed by atoms with E-state index in [-0.39, 0.29) is 17.9 Å². The van der Waals surface area contributed by atoms with Crippen molar-refractivity contribution in [1.29, 1.82) is 0 Å². The highest BCUT2D eigenvalue weighted by atomic mass is 16.5. The summed E-state index contributed by atoms with van der Waals surface area (Å²) in [5.41, 5.74) is 3.00. The van der Waals surface area contributed by atoms with Crippen molar-refractivity contribution in [2.45, 2.75) is 12.5 Å². The van der Waals surface area contributed by atoms with Crippen molar-refractivity contribution in [2.75, 3.05) is 19.5 Å². The third kappa shape index (κ3) is 1.97. The maximum Gasteiger partial charge on any atom is 0.334 e. The number of hydrogen-bond donors (Lipinski definition) is 1. The summed E-state index contributed by atoms with van der Waals surface area (Å²) in [6.45, 7) is 0. The number of nitrogens with one attached hydrogen (secondary N) is 1. The molecule has 1 N–H and O–H groups in total. The zero-order chi connectivity index (χ0) is 14.1. The number of fused-ring (bicyclic) bond motifs is 2. The highest BCUT2D eigenvalue weighted by Crippen LogP contribution is 2.38. The lowest BCUT2D eigenvalue weighted by Gasteiger charge is -2.37. The first-order valence-electron chi connectivity index (χ1n) is 6.63. The zero-order valence-electron chi connectivity index (χ0n) is 11.6. The number of anilines is 1. The summed E-state index contributed by atoms with van der Waals surface area (Å²) >= 11 is 0. The van der Waals surface area contributed by atoms with E-state index < -0.39 is 0 Å². The standard InChI is InChI=1S/C16H17NO3/c1-19-14-8-7-11(16(18)20-2)12-9-10-5-3-4-6-13(10)17-15(12)14/h3-8,12,15,17H,9H2,1-2H3. The minimum atomic E-state index is -0.271. The van der Waals surface area contributed by atoms with Crippen molar-refractivity contribution in [3.63, 3.8) is 0 Å². The van der Waals surface area contributed by atoms with Crippen molar-refractivity contribution < 1.29 is 14.3 Å². The monoisotopic (exact) mass is 271 g/mol. The van der Waals surface area contributed by atoms with E-state index in [1.54, 1.807) is 13.2 Å². The number of carbonyl (C=O) groups is 1. The van der Waals surface area contributed by atoms with Crippen LogP contribution in [0.15, 0.2) is 47.7 Å². The first-order valence-corrected chi connectivity index (χ1v) is 6.63. The predicted molar refractivity (Wildman–Crippen MR) is 76.2 cm³/mol. The molecule has 3 rings (SSSR count). The molecule has 1 aliphatic carbocycles. The number of hydrogen-bond acceptors (Lipinski definition) is 4. The fourth-order valence-electron chi connectivity index (χ4n) is 2.95. The molecule has 1 heterocycles. The molecule has 104 valence electrons. The van der Waals surface area contributed by atoms with Gasteiger partial charge < -0.3 is 14.8 Å². The number of methoxy groups -OCH3 is 2. The second kappa shape index (κ2) is 5.04. The second-order valence-electron chi connectivity index (χ2n) is 4.98. The maximum atomic E-state index is 11.9. The van der Waals surface area contributed by atoms with Crippen LogP contribution in [0.1, 0.15) is 5.56 Å². The molecule has 0 saturated carbocycles. The molecule has 0 amide bonds. The molecule has 1 aromatic rings. The first-order chi connectivity index (χ1) is 9.74. The number of allylic oxidation sites excluding steroid dienone is 2. The molecule has 1 aliphatic heterocycles. The molecule has 2 unspecified atom stereocenters. The Morgan fingerprint density at radius 3 is 2.80 bits per heavy atom. The van der Waals surface area contributed by atoms with Gasteiger partial charge in [-0.2, -0.15) is 0 Å². The molecule has 0 bridgehead atoms. The third-order valence-corrected chi connectivity index (χ3v) is 3.96. The van der Waals surface area contributed by atoms with Crippen LogP contribution in [0.2, 0.25) is 0 Å². The van der Waals surface area contributed by atoms with Gasteiger partial charge in [-0.05, 0) is 30.2 Å². The van der Waals surface area contributed by atoms with Gasteiger partial charge in [0.05, 0.1) is 20.3 Å². The summed E-state index contributed by atoms with van der Waals surface area (Å²) < 4.78 is 10.3. The van der Waals surface area contributed by atoms with Crippen molar-refractivity contribution in [2.24, 2.45) is 5.92 Å². The largest absolute Gasteiger partial charge is 0.499 e. The second-order valence-corrected chi connectivity index (χ2v) is 4.98. The van der Waals surface area contributed by atoms with Gasteiger partial charge in [0.25, 0.3) is 0 Å². The molecule has 2 aliphatic rings. The number of esters is 1. The van der Waals surface area contributed by atoms with E-state index >= 15 is 0 Å². The summed E-state index contributed by atoms with van der Waals surface area (Å²) in [6, 6.07) is 8.13. The third-order valence-electron chi connectivity index (χ3n) is 3.96. The Hall–Kier alpha value is -2.23. The van der Waals surface area contributed by atoms with E-state index in [0.717, 1.165) is 17.9 Å². The SMILES string of the molecule is COC(=O)C1=CC=C(OC)C2Nc3ccccc3CC12. The van der Waals surface area contributed by atoms with E-state index in [2.05, 4.69) is 17.4 Å². The van der Waals surface area contributed by atoms with Gasteiger partial charge in [0.15, 0.2) is 0 Å². The Morgan fingerprint density at radius 1 is 1.25 bits per heavy atom. The van der Waals surface area contributed by atoms with Gasteiger partial charge >= 0.3 is 5.97 Å². The summed E-state index contributed by atoms with van der Waals surface area (Å²) in [5, 5.41) is 3.47. The molecule has 0 spiro atoms. The molecular weight excluding hydrogens is 254 g/mol. The van der Waals surface area contributed by atoms with Crippen LogP contribution in [0.3, 0.4) is 0 Å². The average Bonchev–Trinajstić information content (AvgIpc) is 2.51. The quantitative estimate of drug-likeness (QED) is 0.838. The van der Waals surface area contributed by atoms with Crippen LogP contribution in [0.5, 0.6) is 0 Å². The summed E-state index contributed by atoms with van der Waals surface area (Å²) in [6.07, 6.45) is 4.45. The molecule has 0 saturated heterocycles. The fraction of sp³-hybridized carbons (Fsp3) is 0.312. The van der Waals surface area contributed by atoms with Crippen molar-refractivity contribution in [1.82, 2.24) is 0 Å². The topological polar surface area (TPSA) is 47.6 Å². The van der Waals surface area contributed by atoms with Gasteiger partial charge in [-0.25, -0.2) is 4.79 Å². The Bertz CT molecular complexity index is 603. The van der Waals surface area contributed by atoms with Gasteiger partial charge in [0.2, 0.25) is 0 Å². The van der Waals surface area contributed by atoms with E-state index in [1.807, 2.05) is 18.2 Å². The Morgan fingerprint density at radius 2 is 2.05 bits per heavy atom. The molecular formula is C16H17NO3. The minimum absolute atomic E-state index is 0.0194. The van der Waals surface area contributed by atoms with Crippen LogP contribution >= 0.6 is 0 Å². The van der Waals surface area contributed by atoms with Gasteiger partial charge in [0.1, 0.15) is 5.76 Å². The average molecular weight is 271 g/mol. The van der Waals surface area contributed by atoms with Crippen molar-refractivity contribution in [3.8, 4) is 0 Å². The predicted octanol–water partition coefficient (Wildman–Crippen LogP) is 2.28. The Labute approximate surface area is 118 Å². The smallest absolute Gasteiger partial charge is 0.334 e. The molecule has 4 nitrogen and oxygen atoms in total. The zero-order valence-corrected chi connectivity index (χ0v) is 11.6. The van der Waals surface area contributed by atoms with Crippen LogP contribution in [0.25, 0.3) is 0 Å². The van der Waals surface area contributed by atoms with E-state index in [4.69, 9.17) is 9.47 Å². The lowest BCUT2D eigenvalue weighted by molar-refractivity contribution is -0.136. The number of rotatable bonds is 2. The van der Waals surface area contributed by atoms with Gasteiger partial charge in [-0.3, -0.25) is 0 Å². The lowest BCUT2D eigenvalue weighted by Crippen LogP contribution is -2.41. The van der Waals surface area contributed by atoms with Crippen LogP contribution in [-0.2, 0) is 20.7 Å². The highest BCUT2D eigenvalue weighted by molar-refractivity contribution is 5.90. The van der Waals surface area contributed by atoms with Crippen LogP contribution in [0.4, 0.5) is 5.69 Å². The van der Waals surface area contributed by atoms with E-state index in [9.17, 15) is 4.79 Å². The van der Waals surface area contributed by atoms with E-state index in [1.165, 1.54) is 12.7 Å². The summed E-state index contributed by atoms with van der Waals surface area (Å²) in [7, 11) is 3.07. The number of benzene rings is 1. The molecule has 0 aromatic heterocycles. The van der Waals surface area contributed by atoms with Gasteiger partial charge in [0, 0.05) is 17.2 Å². The molecule has 20 heavy (non-hydrogen) atoms. The number of para-hydroxylation sites is 1. The van der Waals surface area contributed by atoms with Crippen molar-refractivity contribution >= 4 is 11.7 Å². The molecule has 0 radical (unpaired) electrons. The highest BCUT2D eigenvalue weighted by Gasteiger charge is 2.38. The van der Waals surface area contributed by atoms with Crippen LogP contribution in [0, 0.1) is 5.92 Å². The van der Waals surface area contributed by atoms with Gasteiger partial charge in [-0.15, -0.1) is 0 Å². The number of carbonyl (C=O) groups excluding carboxylic acids is 1. The van der Waals surface area contributed by atoms with Crippen molar-refractivity contribution in [3.05, 3.63) is 53.3 Å². The summed E-state index contributed by atoms with van der Waals surface area (Å²) in [5.74, 6) is 0.613. The molecule has 0 fully saturated rings. The Kier molecular flexibility index (Phi) is 3.22. The number of ether oxygens (including phenoxy) is 2. The fourth-order valence-corrected chi connectivity index (χ4v) is 2.95.